The summed E-state index contributed by atoms with van der Waals surface area (Å²) in [6.45, 7) is 0.419. The van der Waals surface area contributed by atoms with E-state index in [2.05, 4.69) is 25.7 Å². The highest BCUT2D eigenvalue weighted by atomic mass is 19.3. The third-order valence-electron chi connectivity index (χ3n) is 6.15. The van der Waals surface area contributed by atoms with E-state index in [-0.39, 0.29) is 43.2 Å². The SMILES string of the molecule is O=C(NCc1ccc2oc(=O)[nH]c2c1)c1cc(C(=O)NCC2CCC(F)(F)CC2)n2nccc2n1. The van der Waals surface area contributed by atoms with Gasteiger partial charge in [-0.2, -0.15) is 5.10 Å². The van der Waals surface area contributed by atoms with E-state index < -0.39 is 23.5 Å². The van der Waals surface area contributed by atoms with Gasteiger partial charge in [0.15, 0.2) is 11.2 Å². The van der Waals surface area contributed by atoms with Crippen LogP contribution in [0.25, 0.3) is 16.7 Å². The minimum Gasteiger partial charge on any atom is -0.408 e. The van der Waals surface area contributed by atoms with Crippen LogP contribution in [-0.4, -0.2) is 43.9 Å². The fraction of sp³-hybridized carbons (Fsp3) is 0.348. The van der Waals surface area contributed by atoms with E-state index in [4.69, 9.17) is 4.42 Å². The van der Waals surface area contributed by atoms with E-state index >= 15 is 0 Å². The molecule has 0 spiro atoms. The number of fused-ring (bicyclic) bond motifs is 2. The molecular formula is C23H22F2N6O4. The van der Waals surface area contributed by atoms with Gasteiger partial charge in [0, 0.05) is 38.1 Å². The lowest BCUT2D eigenvalue weighted by Crippen LogP contribution is -2.35. The summed E-state index contributed by atoms with van der Waals surface area (Å²) in [6, 6.07) is 7.94. The number of nitrogens with zero attached hydrogens (tertiary/aromatic N) is 3. The van der Waals surface area contributed by atoms with Crippen LogP contribution in [0.5, 0.6) is 0 Å². The summed E-state index contributed by atoms with van der Waals surface area (Å²) in [4.78, 5) is 43.8. The quantitative estimate of drug-likeness (QED) is 0.385. The van der Waals surface area contributed by atoms with Crippen LogP contribution < -0.4 is 16.4 Å². The number of oxazole rings is 1. The van der Waals surface area contributed by atoms with Crippen molar-refractivity contribution in [3.8, 4) is 0 Å². The minimum absolute atomic E-state index is 0.0262. The molecule has 0 bridgehead atoms. The van der Waals surface area contributed by atoms with E-state index in [1.807, 2.05) is 0 Å². The predicted molar refractivity (Wildman–Crippen MR) is 120 cm³/mol. The van der Waals surface area contributed by atoms with Crippen molar-refractivity contribution in [1.82, 2.24) is 30.2 Å². The van der Waals surface area contributed by atoms with E-state index in [0.29, 0.717) is 29.6 Å². The molecule has 0 unspecified atom stereocenters. The Morgan fingerprint density at radius 1 is 1.14 bits per heavy atom. The van der Waals surface area contributed by atoms with E-state index in [0.717, 1.165) is 5.56 Å². The number of rotatable bonds is 6. The van der Waals surface area contributed by atoms with Gasteiger partial charge in [-0.05, 0) is 36.5 Å². The second-order valence-corrected chi connectivity index (χ2v) is 8.66. The molecule has 3 heterocycles. The highest BCUT2D eigenvalue weighted by Crippen LogP contribution is 2.35. The van der Waals surface area contributed by atoms with Gasteiger partial charge in [-0.15, -0.1) is 0 Å². The number of hydrogen-bond acceptors (Lipinski definition) is 6. The Morgan fingerprint density at radius 3 is 2.74 bits per heavy atom. The first kappa shape index (κ1) is 22.7. The topological polar surface area (TPSA) is 134 Å². The molecule has 1 aliphatic rings. The van der Waals surface area contributed by atoms with Crippen LogP contribution in [0.4, 0.5) is 8.78 Å². The number of carbonyl (C=O) groups excluding carboxylic acids is 2. The number of amides is 2. The summed E-state index contributed by atoms with van der Waals surface area (Å²) in [5.41, 5.74) is 2.11. The summed E-state index contributed by atoms with van der Waals surface area (Å²) in [6.07, 6.45) is 1.78. The van der Waals surface area contributed by atoms with Crippen LogP contribution in [-0.2, 0) is 6.54 Å². The molecule has 10 nitrogen and oxygen atoms in total. The Bertz CT molecular complexity index is 1460. The molecule has 4 aromatic rings. The lowest BCUT2D eigenvalue weighted by molar-refractivity contribution is -0.0452. The molecular weight excluding hydrogens is 462 g/mol. The van der Waals surface area contributed by atoms with Crippen LogP contribution in [0.2, 0.25) is 0 Å². The van der Waals surface area contributed by atoms with Gasteiger partial charge in [0.1, 0.15) is 11.4 Å². The van der Waals surface area contributed by atoms with Gasteiger partial charge in [-0.1, -0.05) is 6.07 Å². The molecule has 3 N–H and O–H groups in total. The van der Waals surface area contributed by atoms with E-state index in [1.165, 1.54) is 16.8 Å². The largest absolute Gasteiger partial charge is 0.417 e. The molecule has 5 rings (SSSR count). The number of aromatic amines is 1. The Hall–Kier alpha value is -4.09. The summed E-state index contributed by atoms with van der Waals surface area (Å²) in [5.74, 6) is -4.19. The second kappa shape index (κ2) is 8.93. The third-order valence-corrected chi connectivity index (χ3v) is 6.15. The van der Waals surface area contributed by atoms with Gasteiger partial charge in [0.25, 0.3) is 11.8 Å². The van der Waals surface area contributed by atoms with Crippen LogP contribution in [0, 0.1) is 5.92 Å². The van der Waals surface area contributed by atoms with Crippen molar-refractivity contribution >= 4 is 28.6 Å². The Kier molecular flexibility index (Phi) is 5.79. The zero-order chi connectivity index (χ0) is 24.6. The molecule has 0 radical (unpaired) electrons. The van der Waals surface area contributed by atoms with Crippen molar-refractivity contribution < 1.29 is 22.8 Å². The maximum atomic E-state index is 13.4. The van der Waals surface area contributed by atoms with Crippen molar-refractivity contribution in [3.05, 3.63) is 64.0 Å². The van der Waals surface area contributed by atoms with E-state index in [1.54, 1.807) is 24.3 Å². The molecule has 0 saturated heterocycles. The molecule has 182 valence electrons. The van der Waals surface area contributed by atoms with Gasteiger partial charge in [0.2, 0.25) is 5.92 Å². The van der Waals surface area contributed by atoms with Crippen molar-refractivity contribution in [1.29, 1.82) is 0 Å². The summed E-state index contributed by atoms with van der Waals surface area (Å²) < 4.78 is 33.0. The standard InChI is InChI=1S/C23H22F2N6O4/c24-23(25)6-3-13(4-7-23)11-27-21(33)17-10-16(29-19-5-8-28-31(17)19)20(32)26-12-14-1-2-18-15(9-14)30-22(34)35-18/h1-2,5,8-10,13H,3-4,6-7,11-12H2,(H,26,32)(H,27,33)(H,30,34). The van der Waals surface area contributed by atoms with Crippen LogP contribution in [0.3, 0.4) is 0 Å². The zero-order valence-electron chi connectivity index (χ0n) is 18.5. The lowest BCUT2D eigenvalue weighted by Gasteiger charge is -2.28. The summed E-state index contributed by atoms with van der Waals surface area (Å²) in [7, 11) is 0. The van der Waals surface area contributed by atoms with Crippen molar-refractivity contribution in [2.45, 2.75) is 38.2 Å². The average molecular weight is 484 g/mol. The smallest absolute Gasteiger partial charge is 0.408 e. The van der Waals surface area contributed by atoms with Crippen LogP contribution in [0.1, 0.15) is 52.2 Å². The normalized spacial score (nSPS) is 15.9. The first-order valence-electron chi connectivity index (χ1n) is 11.2. The molecule has 0 atom stereocenters. The fourth-order valence-electron chi connectivity index (χ4n) is 4.20. The molecule has 2 amide bonds. The number of benzene rings is 1. The summed E-state index contributed by atoms with van der Waals surface area (Å²) >= 11 is 0. The Labute approximate surface area is 196 Å². The van der Waals surface area contributed by atoms with Gasteiger partial charge in [-0.3, -0.25) is 14.6 Å². The van der Waals surface area contributed by atoms with Gasteiger partial charge >= 0.3 is 5.76 Å². The van der Waals surface area contributed by atoms with Crippen molar-refractivity contribution in [2.24, 2.45) is 5.92 Å². The van der Waals surface area contributed by atoms with Crippen molar-refractivity contribution in [2.75, 3.05) is 6.54 Å². The molecule has 0 aliphatic heterocycles. The maximum absolute atomic E-state index is 13.4. The molecule has 12 heteroatoms. The number of carbonyl (C=O) groups is 2. The maximum Gasteiger partial charge on any atom is 0.417 e. The summed E-state index contributed by atoms with van der Waals surface area (Å²) in [5, 5.41) is 9.63. The van der Waals surface area contributed by atoms with Gasteiger partial charge in [-0.25, -0.2) is 23.1 Å². The Morgan fingerprint density at radius 2 is 1.94 bits per heavy atom. The molecule has 1 saturated carbocycles. The monoisotopic (exact) mass is 484 g/mol. The first-order valence-corrected chi connectivity index (χ1v) is 11.2. The highest BCUT2D eigenvalue weighted by molar-refractivity contribution is 5.98. The molecule has 3 aromatic heterocycles. The molecule has 1 fully saturated rings. The number of alkyl halides is 2. The second-order valence-electron chi connectivity index (χ2n) is 8.66. The molecule has 1 aliphatic carbocycles. The predicted octanol–water partition coefficient (Wildman–Crippen LogP) is 2.65. The third kappa shape index (κ3) is 4.91. The first-order chi connectivity index (χ1) is 16.8. The highest BCUT2D eigenvalue weighted by Gasteiger charge is 2.35. The van der Waals surface area contributed by atoms with Gasteiger partial charge in [0.05, 0.1) is 11.7 Å². The van der Waals surface area contributed by atoms with Crippen LogP contribution >= 0.6 is 0 Å². The Balaban J connectivity index is 1.28. The van der Waals surface area contributed by atoms with Crippen LogP contribution in [0.15, 0.2) is 45.7 Å². The average Bonchev–Trinajstić information content (AvgIpc) is 3.46. The van der Waals surface area contributed by atoms with E-state index in [9.17, 15) is 23.2 Å². The zero-order valence-corrected chi connectivity index (χ0v) is 18.5. The number of H-pyrrole nitrogens is 1. The number of halogens is 2. The number of hydrogen-bond donors (Lipinski definition) is 3. The minimum atomic E-state index is -2.63. The number of nitrogens with one attached hydrogen (secondary N) is 3. The van der Waals surface area contributed by atoms with Crippen molar-refractivity contribution in [3.63, 3.8) is 0 Å². The lowest BCUT2D eigenvalue weighted by atomic mass is 9.87. The number of aromatic nitrogens is 4. The fourth-order valence-corrected chi connectivity index (χ4v) is 4.20. The molecule has 35 heavy (non-hydrogen) atoms. The molecule has 1 aromatic carbocycles. The van der Waals surface area contributed by atoms with Gasteiger partial charge < -0.3 is 15.1 Å².